The summed E-state index contributed by atoms with van der Waals surface area (Å²) in [5.74, 6) is 0.638. The first-order chi connectivity index (χ1) is 9.32. The first kappa shape index (κ1) is 15.4. The van der Waals surface area contributed by atoms with Crippen LogP contribution in [0.1, 0.15) is 50.1 Å². The van der Waals surface area contributed by atoms with Gasteiger partial charge in [-0.3, -0.25) is 9.36 Å². The van der Waals surface area contributed by atoms with E-state index in [1.165, 1.54) is 4.88 Å². The molecular weight excluding hydrogens is 288 g/mol. The third-order valence-corrected chi connectivity index (χ3v) is 5.28. The van der Waals surface area contributed by atoms with Crippen LogP contribution in [0.15, 0.2) is 4.79 Å². The van der Waals surface area contributed by atoms with E-state index in [2.05, 4.69) is 25.8 Å². The maximum absolute atomic E-state index is 12.8. The van der Waals surface area contributed by atoms with E-state index in [-0.39, 0.29) is 11.6 Å². The Morgan fingerprint density at radius 3 is 2.50 bits per heavy atom. The average molecular weight is 310 g/mol. The van der Waals surface area contributed by atoms with Crippen molar-refractivity contribution in [2.24, 2.45) is 5.92 Å². The van der Waals surface area contributed by atoms with Crippen molar-refractivity contribution in [1.29, 1.82) is 0 Å². The smallest absolute Gasteiger partial charge is 0.263 e. The summed E-state index contributed by atoms with van der Waals surface area (Å²) in [6.07, 6.45) is 2.07. The molecule has 1 unspecified atom stereocenters. The fourth-order valence-electron chi connectivity index (χ4n) is 2.45. The Hall–Kier alpha value is -0.940. The van der Waals surface area contributed by atoms with Crippen molar-refractivity contribution in [3.05, 3.63) is 25.6 Å². The van der Waals surface area contributed by atoms with Crippen LogP contribution < -0.4 is 5.56 Å². The molecule has 0 aliphatic heterocycles. The largest absolute Gasteiger partial charge is 0.323 e. The van der Waals surface area contributed by atoms with Gasteiger partial charge in [0.25, 0.3) is 5.56 Å². The maximum Gasteiger partial charge on any atom is 0.263 e. The Labute approximate surface area is 128 Å². The molecule has 110 valence electrons. The van der Waals surface area contributed by atoms with Crippen molar-refractivity contribution in [3.63, 3.8) is 0 Å². The van der Waals surface area contributed by atoms with Crippen LogP contribution in [0.25, 0.3) is 10.2 Å². The van der Waals surface area contributed by atoms with Gasteiger partial charge in [-0.05, 0) is 57.3 Å². The Bertz CT molecular complexity index is 737. The van der Waals surface area contributed by atoms with Gasteiger partial charge < -0.3 is 4.98 Å². The number of hydrogen-bond acceptors (Lipinski definition) is 3. The highest BCUT2D eigenvalue weighted by Crippen LogP contribution is 2.26. The predicted molar refractivity (Wildman–Crippen MR) is 89.5 cm³/mol. The Morgan fingerprint density at radius 2 is 1.90 bits per heavy atom. The Balaban J connectivity index is 2.56. The highest BCUT2D eigenvalue weighted by atomic mass is 32.1. The molecule has 0 amide bonds. The van der Waals surface area contributed by atoms with Crippen molar-refractivity contribution >= 4 is 33.8 Å². The first-order valence-corrected chi connectivity index (χ1v) is 8.30. The molecule has 0 spiro atoms. The lowest BCUT2D eigenvalue weighted by Crippen LogP contribution is -2.25. The van der Waals surface area contributed by atoms with Crippen LogP contribution >= 0.6 is 23.6 Å². The monoisotopic (exact) mass is 310 g/mol. The zero-order valence-electron chi connectivity index (χ0n) is 12.7. The van der Waals surface area contributed by atoms with Gasteiger partial charge in [0.05, 0.1) is 5.39 Å². The standard InChI is InChI=1S/C15H22N2OS2/c1-8(2)6-7-9(3)17-14(18)12-10(4)11(5)20-13(12)16-15(17)19/h8-9H,6-7H2,1-5H3,(H,16,19). The molecule has 0 saturated carbocycles. The van der Waals surface area contributed by atoms with E-state index in [0.717, 1.165) is 28.6 Å². The molecule has 0 aliphatic rings. The van der Waals surface area contributed by atoms with E-state index >= 15 is 0 Å². The van der Waals surface area contributed by atoms with Crippen LogP contribution in [0.2, 0.25) is 0 Å². The second kappa shape index (κ2) is 5.82. The number of nitrogens with one attached hydrogen (secondary N) is 1. The Kier molecular flexibility index (Phi) is 4.49. The summed E-state index contributed by atoms with van der Waals surface area (Å²) in [6, 6.07) is 0.137. The molecule has 1 N–H and O–H groups in total. The summed E-state index contributed by atoms with van der Waals surface area (Å²) in [5.41, 5.74) is 1.13. The molecule has 0 aromatic carbocycles. The zero-order chi connectivity index (χ0) is 15.0. The lowest BCUT2D eigenvalue weighted by atomic mass is 10.0. The number of rotatable bonds is 4. The molecule has 20 heavy (non-hydrogen) atoms. The van der Waals surface area contributed by atoms with Gasteiger partial charge in [0.1, 0.15) is 4.83 Å². The van der Waals surface area contributed by atoms with Gasteiger partial charge >= 0.3 is 0 Å². The van der Waals surface area contributed by atoms with Gasteiger partial charge in [0, 0.05) is 10.9 Å². The number of fused-ring (bicyclic) bond motifs is 1. The summed E-state index contributed by atoms with van der Waals surface area (Å²) in [4.78, 5) is 18.1. The molecule has 5 heteroatoms. The molecule has 0 fully saturated rings. The summed E-state index contributed by atoms with van der Waals surface area (Å²) in [6.45, 7) is 10.5. The van der Waals surface area contributed by atoms with Crippen molar-refractivity contribution in [1.82, 2.24) is 9.55 Å². The van der Waals surface area contributed by atoms with Crippen LogP contribution in [0.5, 0.6) is 0 Å². The van der Waals surface area contributed by atoms with E-state index < -0.39 is 0 Å². The van der Waals surface area contributed by atoms with Crippen molar-refractivity contribution < 1.29 is 0 Å². The molecule has 2 rings (SSSR count). The van der Waals surface area contributed by atoms with Gasteiger partial charge in [0.15, 0.2) is 4.77 Å². The van der Waals surface area contributed by atoms with Gasteiger partial charge in [-0.25, -0.2) is 0 Å². The molecule has 0 saturated heterocycles. The van der Waals surface area contributed by atoms with Crippen molar-refractivity contribution in [2.75, 3.05) is 0 Å². The molecule has 2 aromatic rings. The number of aromatic nitrogens is 2. The van der Waals surface area contributed by atoms with Gasteiger partial charge in [0.2, 0.25) is 0 Å². The summed E-state index contributed by atoms with van der Waals surface area (Å²) in [5, 5.41) is 0.803. The van der Waals surface area contributed by atoms with Crippen molar-refractivity contribution in [2.45, 2.75) is 53.5 Å². The highest BCUT2D eigenvalue weighted by Gasteiger charge is 2.16. The van der Waals surface area contributed by atoms with Crippen LogP contribution in [0.4, 0.5) is 0 Å². The Morgan fingerprint density at radius 1 is 1.25 bits per heavy atom. The lowest BCUT2D eigenvalue weighted by molar-refractivity contribution is 0.426. The van der Waals surface area contributed by atoms with E-state index in [4.69, 9.17) is 12.2 Å². The van der Waals surface area contributed by atoms with E-state index in [0.29, 0.717) is 10.7 Å². The quantitative estimate of drug-likeness (QED) is 0.829. The number of aromatic amines is 1. The number of nitrogens with zero attached hydrogens (tertiary/aromatic N) is 1. The molecule has 3 nitrogen and oxygen atoms in total. The molecule has 1 atom stereocenters. The third-order valence-electron chi connectivity index (χ3n) is 3.86. The van der Waals surface area contributed by atoms with E-state index in [9.17, 15) is 4.79 Å². The van der Waals surface area contributed by atoms with Gasteiger partial charge in [-0.2, -0.15) is 0 Å². The van der Waals surface area contributed by atoms with Crippen LogP contribution in [0, 0.1) is 24.5 Å². The lowest BCUT2D eigenvalue weighted by Gasteiger charge is -2.16. The molecule has 2 aromatic heterocycles. The normalized spacial score (nSPS) is 13.3. The van der Waals surface area contributed by atoms with Gasteiger partial charge in [-0.15, -0.1) is 11.3 Å². The molecule has 0 aliphatic carbocycles. The van der Waals surface area contributed by atoms with Crippen LogP contribution in [-0.4, -0.2) is 9.55 Å². The number of thiophene rings is 1. The average Bonchev–Trinajstić information content (AvgIpc) is 2.62. The molecular formula is C15H22N2OS2. The van der Waals surface area contributed by atoms with Gasteiger partial charge in [-0.1, -0.05) is 13.8 Å². The SMILES string of the molecule is Cc1sc2[nH]c(=S)n(C(C)CCC(C)C)c(=O)c2c1C. The number of hydrogen-bond donors (Lipinski definition) is 1. The van der Waals surface area contributed by atoms with Crippen LogP contribution in [-0.2, 0) is 0 Å². The maximum atomic E-state index is 12.8. The number of aryl methyl sites for hydroxylation is 2. The molecule has 2 heterocycles. The summed E-state index contributed by atoms with van der Waals surface area (Å²) < 4.78 is 2.29. The zero-order valence-corrected chi connectivity index (χ0v) is 14.4. The van der Waals surface area contributed by atoms with E-state index in [1.807, 2.05) is 13.8 Å². The predicted octanol–water partition coefficient (Wildman–Crippen LogP) is 4.73. The second-order valence-electron chi connectivity index (χ2n) is 5.91. The fourth-order valence-corrected chi connectivity index (χ4v) is 3.93. The first-order valence-electron chi connectivity index (χ1n) is 7.07. The summed E-state index contributed by atoms with van der Waals surface area (Å²) in [7, 11) is 0. The topological polar surface area (TPSA) is 37.8 Å². The molecule has 0 bridgehead atoms. The second-order valence-corrected chi connectivity index (χ2v) is 7.52. The third kappa shape index (κ3) is 2.74. The number of H-pyrrole nitrogens is 1. The van der Waals surface area contributed by atoms with Crippen molar-refractivity contribution in [3.8, 4) is 0 Å². The molecule has 0 radical (unpaired) electrons. The fraction of sp³-hybridized carbons (Fsp3) is 0.600. The minimum Gasteiger partial charge on any atom is -0.323 e. The summed E-state index contributed by atoms with van der Waals surface area (Å²) >= 11 is 7.00. The minimum absolute atomic E-state index is 0.0573. The van der Waals surface area contributed by atoms with Crippen LogP contribution in [0.3, 0.4) is 0 Å². The minimum atomic E-state index is 0.0573. The van der Waals surface area contributed by atoms with E-state index in [1.54, 1.807) is 15.9 Å². The highest BCUT2D eigenvalue weighted by molar-refractivity contribution is 7.71.